The van der Waals surface area contributed by atoms with Crippen LogP contribution in [0.25, 0.3) is 0 Å². The molecule has 8 heteroatoms. The Balaban J connectivity index is 2.54. The summed E-state index contributed by atoms with van der Waals surface area (Å²) < 4.78 is 25.6. The van der Waals surface area contributed by atoms with E-state index in [9.17, 15) is 18.9 Å². The molecule has 0 unspecified atom stereocenters. The fourth-order valence-corrected chi connectivity index (χ4v) is 0.979. The summed E-state index contributed by atoms with van der Waals surface area (Å²) in [4.78, 5) is 9.92. The highest BCUT2D eigenvalue weighted by Gasteiger charge is 2.06. The highest BCUT2D eigenvalue weighted by molar-refractivity contribution is 5.74. The quantitative estimate of drug-likeness (QED) is 0.309. The molecule has 0 bridgehead atoms. The molecule has 0 saturated heterocycles. The Kier molecular flexibility index (Phi) is 3.70. The molecular formula is C8H8F2N4O2. The first-order valence-electron chi connectivity index (χ1n) is 4.16. The second-order valence-electron chi connectivity index (χ2n) is 2.83. The van der Waals surface area contributed by atoms with E-state index >= 15 is 0 Å². The number of hydrogen-bond donors (Lipinski definition) is 3. The lowest BCUT2D eigenvalue weighted by Crippen LogP contribution is -2.39. The monoisotopic (exact) mass is 230 g/mol. The number of nitrogens with one attached hydrogen (secondary N) is 3. The predicted molar refractivity (Wildman–Crippen MR) is 51.1 cm³/mol. The van der Waals surface area contributed by atoms with Gasteiger partial charge in [-0.1, -0.05) is 11.5 Å². The third-order valence-corrected chi connectivity index (χ3v) is 1.67. The average Bonchev–Trinajstić information content (AvgIpc) is 2.15. The zero-order chi connectivity index (χ0) is 12.1. The van der Waals surface area contributed by atoms with E-state index in [1.165, 1.54) is 6.07 Å². The van der Waals surface area contributed by atoms with Gasteiger partial charge in [-0.3, -0.25) is 5.41 Å². The molecule has 1 aromatic carbocycles. The Morgan fingerprint density at radius 3 is 2.75 bits per heavy atom. The zero-order valence-corrected chi connectivity index (χ0v) is 7.96. The molecule has 1 rings (SSSR count). The molecule has 0 aliphatic rings. The number of nitro groups is 1. The number of benzene rings is 1. The third kappa shape index (κ3) is 3.48. The molecule has 3 N–H and O–H groups in total. The third-order valence-electron chi connectivity index (χ3n) is 1.67. The van der Waals surface area contributed by atoms with Crippen molar-refractivity contribution in [3.63, 3.8) is 0 Å². The zero-order valence-electron chi connectivity index (χ0n) is 7.96. The summed E-state index contributed by atoms with van der Waals surface area (Å²) >= 11 is 0. The first kappa shape index (κ1) is 11.8. The van der Waals surface area contributed by atoms with Crippen LogP contribution in [-0.4, -0.2) is 11.0 Å². The Morgan fingerprint density at radius 1 is 1.50 bits per heavy atom. The summed E-state index contributed by atoms with van der Waals surface area (Å²) in [6.07, 6.45) is 0. The fraction of sp³-hybridized carbons (Fsp3) is 0.125. The summed E-state index contributed by atoms with van der Waals surface area (Å²) in [5.41, 5.74) is 1.65. The number of nitrogens with zero attached hydrogens (tertiary/aromatic N) is 1. The lowest BCUT2D eigenvalue weighted by molar-refractivity contribution is -0.525. The van der Waals surface area contributed by atoms with Gasteiger partial charge in [0.15, 0.2) is 5.03 Å². The van der Waals surface area contributed by atoms with Gasteiger partial charge in [-0.2, -0.15) is 0 Å². The number of hydrazine groups is 1. The summed E-state index contributed by atoms with van der Waals surface area (Å²) in [6.45, 7) is -0.147. The summed E-state index contributed by atoms with van der Waals surface area (Å²) in [6, 6.07) is 2.95. The largest absolute Gasteiger partial charge is 0.348 e. The van der Waals surface area contributed by atoms with E-state index in [4.69, 9.17) is 5.41 Å². The van der Waals surface area contributed by atoms with E-state index in [2.05, 4.69) is 5.32 Å². The van der Waals surface area contributed by atoms with Crippen molar-refractivity contribution in [3.8, 4) is 0 Å². The minimum absolute atomic E-state index is 0.108. The van der Waals surface area contributed by atoms with Crippen LogP contribution in [0.4, 0.5) is 8.78 Å². The van der Waals surface area contributed by atoms with Crippen LogP contribution in [-0.2, 0) is 6.54 Å². The van der Waals surface area contributed by atoms with Gasteiger partial charge < -0.3 is 5.32 Å². The van der Waals surface area contributed by atoms with Gasteiger partial charge in [-0.25, -0.2) is 18.9 Å². The fourth-order valence-electron chi connectivity index (χ4n) is 0.979. The second-order valence-corrected chi connectivity index (χ2v) is 2.83. The molecule has 0 atom stereocenters. The summed E-state index contributed by atoms with van der Waals surface area (Å²) in [5.74, 6) is -2.06. The molecule has 86 valence electrons. The minimum atomic E-state index is -0.920. The molecule has 0 aromatic heterocycles. The Morgan fingerprint density at radius 2 is 2.19 bits per heavy atom. The van der Waals surface area contributed by atoms with Gasteiger partial charge in [-0.05, 0) is 6.07 Å². The van der Waals surface area contributed by atoms with Crippen LogP contribution in [0.2, 0.25) is 0 Å². The average molecular weight is 230 g/mol. The van der Waals surface area contributed by atoms with Gasteiger partial charge in [0.2, 0.25) is 0 Å². The number of hydrogen-bond acceptors (Lipinski definition) is 3. The second kappa shape index (κ2) is 5.01. The van der Waals surface area contributed by atoms with Gasteiger partial charge in [0, 0.05) is 18.2 Å². The van der Waals surface area contributed by atoms with E-state index in [0.29, 0.717) is 6.07 Å². The maximum absolute atomic E-state index is 13.1. The smallest absolute Gasteiger partial charge is 0.251 e. The summed E-state index contributed by atoms with van der Waals surface area (Å²) in [7, 11) is 0. The van der Waals surface area contributed by atoms with Crippen LogP contribution in [0.15, 0.2) is 18.2 Å². The van der Waals surface area contributed by atoms with E-state index in [1.54, 1.807) is 5.43 Å². The Bertz CT molecular complexity index is 424. The van der Waals surface area contributed by atoms with Gasteiger partial charge in [-0.15, -0.1) is 0 Å². The number of halogens is 2. The normalized spacial score (nSPS) is 9.62. The van der Waals surface area contributed by atoms with Gasteiger partial charge in [0.25, 0.3) is 5.96 Å². The van der Waals surface area contributed by atoms with Crippen molar-refractivity contribution in [1.82, 2.24) is 10.7 Å². The van der Waals surface area contributed by atoms with E-state index in [1.807, 2.05) is 0 Å². The first-order valence-corrected chi connectivity index (χ1v) is 4.16. The molecule has 0 fully saturated rings. The molecule has 0 aliphatic heterocycles. The van der Waals surface area contributed by atoms with Crippen molar-refractivity contribution in [1.29, 1.82) is 5.41 Å². The van der Waals surface area contributed by atoms with Crippen molar-refractivity contribution in [2.45, 2.75) is 6.54 Å². The Hall–Kier alpha value is -2.25. The highest BCUT2D eigenvalue weighted by atomic mass is 19.1. The molecule has 0 saturated carbocycles. The molecule has 0 spiro atoms. The highest BCUT2D eigenvalue weighted by Crippen LogP contribution is 2.08. The van der Waals surface area contributed by atoms with Crippen molar-refractivity contribution < 1.29 is 13.8 Å². The summed E-state index contributed by atoms with van der Waals surface area (Å²) in [5, 5.41) is 18.3. The van der Waals surface area contributed by atoms with Gasteiger partial charge >= 0.3 is 0 Å². The van der Waals surface area contributed by atoms with Crippen molar-refractivity contribution in [2.75, 3.05) is 0 Å². The molecule has 0 aliphatic carbocycles. The van der Waals surface area contributed by atoms with E-state index in [0.717, 1.165) is 6.07 Å². The molecule has 1 aromatic rings. The number of rotatable bonds is 3. The van der Waals surface area contributed by atoms with E-state index < -0.39 is 22.6 Å². The molecule has 0 heterocycles. The van der Waals surface area contributed by atoms with Crippen molar-refractivity contribution in [3.05, 3.63) is 45.5 Å². The van der Waals surface area contributed by atoms with Crippen LogP contribution in [0.3, 0.4) is 0 Å². The SMILES string of the molecule is N=C(NCc1ccc(F)cc1F)N[N+](=O)[O-]. The molecular weight excluding hydrogens is 222 g/mol. The molecule has 16 heavy (non-hydrogen) atoms. The maximum Gasteiger partial charge on any atom is 0.251 e. The Labute approximate surface area is 88.9 Å². The first-order chi connectivity index (χ1) is 7.49. The number of guanidine groups is 1. The van der Waals surface area contributed by atoms with Crippen LogP contribution < -0.4 is 10.7 Å². The van der Waals surface area contributed by atoms with Crippen molar-refractivity contribution in [2.24, 2.45) is 0 Å². The van der Waals surface area contributed by atoms with Crippen LogP contribution in [0.5, 0.6) is 0 Å². The van der Waals surface area contributed by atoms with Gasteiger partial charge in [0.1, 0.15) is 11.6 Å². The molecule has 0 radical (unpaired) electrons. The standard InChI is InChI=1S/C8H8F2N4O2/c9-6-2-1-5(7(10)3-6)4-12-8(11)13-14(15)16/h1-3H,4H2,(H3,11,12,13). The maximum atomic E-state index is 13.1. The van der Waals surface area contributed by atoms with Crippen LogP contribution >= 0.6 is 0 Å². The lowest BCUT2D eigenvalue weighted by Gasteiger charge is -2.05. The minimum Gasteiger partial charge on any atom is -0.348 e. The van der Waals surface area contributed by atoms with Crippen LogP contribution in [0.1, 0.15) is 5.56 Å². The van der Waals surface area contributed by atoms with Crippen LogP contribution in [0, 0.1) is 27.2 Å². The molecule has 0 amide bonds. The topological polar surface area (TPSA) is 91.1 Å². The van der Waals surface area contributed by atoms with Crippen molar-refractivity contribution >= 4 is 5.96 Å². The van der Waals surface area contributed by atoms with Gasteiger partial charge in [0.05, 0.1) is 0 Å². The molecule has 6 nitrogen and oxygen atoms in total. The van der Waals surface area contributed by atoms with E-state index in [-0.39, 0.29) is 12.1 Å². The predicted octanol–water partition coefficient (Wildman–Crippen LogP) is 0.770. The lowest BCUT2D eigenvalue weighted by atomic mass is 10.2.